The fraction of sp³-hybridized carbons (Fsp3) is 0.188. The van der Waals surface area contributed by atoms with E-state index in [-0.39, 0.29) is 0 Å². The Morgan fingerprint density at radius 1 is 1.14 bits per heavy atom. The Morgan fingerprint density at radius 2 is 1.95 bits per heavy atom. The first-order valence-electron chi connectivity index (χ1n) is 6.93. The van der Waals surface area contributed by atoms with Crippen LogP contribution in [0.25, 0.3) is 5.69 Å². The van der Waals surface area contributed by atoms with Crippen LogP contribution in [0.5, 0.6) is 5.75 Å². The summed E-state index contributed by atoms with van der Waals surface area (Å²) in [5, 5.41) is 9.09. The summed E-state index contributed by atoms with van der Waals surface area (Å²) in [6.45, 7) is 0. The van der Waals surface area contributed by atoms with Crippen LogP contribution in [0.4, 0.5) is 0 Å². The molecule has 0 unspecified atom stereocenters. The molecule has 0 fully saturated rings. The van der Waals surface area contributed by atoms with Crippen LogP contribution in [-0.4, -0.2) is 32.6 Å². The van der Waals surface area contributed by atoms with Crippen molar-refractivity contribution in [1.82, 2.24) is 19.7 Å². The summed E-state index contributed by atoms with van der Waals surface area (Å²) in [4.78, 5) is 4.03. The van der Waals surface area contributed by atoms with Crippen molar-refractivity contribution >= 4 is 11.8 Å². The molecule has 0 saturated carbocycles. The molecule has 0 aliphatic heterocycles. The number of hydrogen-bond donors (Lipinski definition) is 0. The lowest BCUT2D eigenvalue weighted by Gasteiger charge is -2.10. The summed E-state index contributed by atoms with van der Waals surface area (Å²) in [5.74, 6) is 1.73. The molecule has 0 spiro atoms. The third kappa shape index (κ3) is 3.28. The van der Waals surface area contributed by atoms with Crippen molar-refractivity contribution < 1.29 is 4.74 Å². The number of aromatic nitrogens is 4. The van der Waals surface area contributed by atoms with E-state index in [2.05, 4.69) is 15.2 Å². The van der Waals surface area contributed by atoms with Gasteiger partial charge < -0.3 is 4.74 Å². The molecular formula is C16H16N4OS. The van der Waals surface area contributed by atoms with Crippen molar-refractivity contribution in [3.05, 3.63) is 60.7 Å². The highest BCUT2D eigenvalue weighted by Gasteiger charge is 2.10. The predicted octanol–water partition coefficient (Wildman–Crippen LogP) is 3.01. The lowest BCUT2D eigenvalue weighted by atomic mass is 10.2. The zero-order valence-electron chi connectivity index (χ0n) is 12.2. The van der Waals surface area contributed by atoms with Crippen molar-refractivity contribution in [2.24, 2.45) is 0 Å². The normalized spacial score (nSPS) is 10.6. The number of hydrogen-bond acceptors (Lipinski definition) is 5. The number of thioether (sulfide) groups is 1. The van der Waals surface area contributed by atoms with Crippen LogP contribution in [0.3, 0.4) is 0 Å². The molecule has 2 heterocycles. The summed E-state index contributed by atoms with van der Waals surface area (Å²) >= 11 is 1.68. The first-order chi connectivity index (χ1) is 10.9. The van der Waals surface area contributed by atoms with Gasteiger partial charge >= 0.3 is 0 Å². The molecule has 0 aliphatic carbocycles. The van der Waals surface area contributed by atoms with Crippen molar-refractivity contribution in [3.8, 4) is 11.4 Å². The second-order valence-electron chi connectivity index (χ2n) is 4.61. The quantitative estimate of drug-likeness (QED) is 0.655. The van der Waals surface area contributed by atoms with Gasteiger partial charge in [-0.05, 0) is 36.2 Å². The van der Waals surface area contributed by atoms with E-state index in [0.29, 0.717) is 0 Å². The molecule has 5 nitrogen and oxygen atoms in total. The second-order valence-corrected chi connectivity index (χ2v) is 5.67. The van der Waals surface area contributed by atoms with Gasteiger partial charge in [-0.1, -0.05) is 23.9 Å². The highest BCUT2D eigenvalue weighted by atomic mass is 32.2. The average molecular weight is 312 g/mol. The van der Waals surface area contributed by atoms with Gasteiger partial charge in [-0.25, -0.2) is 0 Å². The van der Waals surface area contributed by atoms with Crippen LogP contribution in [0, 0.1) is 0 Å². The van der Waals surface area contributed by atoms with Crippen LogP contribution in [0.2, 0.25) is 0 Å². The molecule has 0 atom stereocenters. The Balaban J connectivity index is 1.72. The van der Waals surface area contributed by atoms with E-state index >= 15 is 0 Å². The zero-order chi connectivity index (χ0) is 15.2. The Bertz CT molecular complexity index is 730. The Morgan fingerprint density at radius 3 is 2.77 bits per heavy atom. The summed E-state index contributed by atoms with van der Waals surface area (Å²) in [5.41, 5.74) is 2.22. The Hall–Kier alpha value is -2.34. The summed E-state index contributed by atoms with van der Waals surface area (Å²) in [6.07, 6.45) is 6.31. The summed E-state index contributed by atoms with van der Waals surface area (Å²) < 4.78 is 7.36. The van der Waals surface area contributed by atoms with Crippen molar-refractivity contribution in [1.29, 1.82) is 0 Å². The number of pyridine rings is 1. The third-order valence-corrected chi connectivity index (χ3v) is 4.18. The largest absolute Gasteiger partial charge is 0.495 e. The standard InChI is InChI=1S/C16H16N4OS/c1-21-15-5-3-2-4-14(15)20-12-18-19-16(20)22-11-8-13-6-9-17-10-7-13/h2-7,9-10,12H,8,11H2,1H3. The van der Waals surface area contributed by atoms with Gasteiger partial charge in [0.2, 0.25) is 0 Å². The minimum atomic E-state index is 0.804. The van der Waals surface area contributed by atoms with Gasteiger partial charge in [-0.2, -0.15) is 0 Å². The molecule has 0 aliphatic rings. The number of nitrogens with zero attached hydrogens (tertiary/aromatic N) is 4. The maximum absolute atomic E-state index is 5.41. The number of benzene rings is 1. The highest BCUT2D eigenvalue weighted by molar-refractivity contribution is 7.99. The zero-order valence-corrected chi connectivity index (χ0v) is 13.0. The smallest absolute Gasteiger partial charge is 0.195 e. The van der Waals surface area contributed by atoms with Gasteiger partial charge in [-0.15, -0.1) is 10.2 Å². The van der Waals surface area contributed by atoms with Crippen LogP contribution >= 0.6 is 11.8 Å². The SMILES string of the molecule is COc1ccccc1-n1cnnc1SCCc1ccncc1. The van der Waals surface area contributed by atoms with E-state index in [9.17, 15) is 0 Å². The molecule has 3 aromatic rings. The van der Waals surface area contributed by atoms with Crippen LogP contribution in [-0.2, 0) is 6.42 Å². The lowest BCUT2D eigenvalue weighted by molar-refractivity contribution is 0.412. The van der Waals surface area contributed by atoms with Gasteiger partial charge in [0.25, 0.3) is 0 Å². The van der Waals surface area contributed by atoms with E-state index in [0.717, 1.165) is 28.8 Å². The Labute approximate surface area is 133 Å². The topological polar surface area (TPSA) is 52.8 Å². The summed E-state index contributed by atoms with van der Waals surface area (Å²) in [6, 6.07) is 11.9. The molecular weight excluding hydrogens is 296 g/mol. The monoisotopic (exact) mass is 312 g/mol. The second kappa shape index (κ2) is 7.09. The molecule has 1 aromatic carbocycles. The minimum Gasteiger partial charge on any atom is -0.495 e. The van der Waals surface area contributed by atoms with Crippen molar-refractivity contribution in [3.63, 3.8) is 0 Å². The van der Waals surface area contributed by atoms with E-state index < -0.39 is 0 Å². The van der Waals surface area contributed by atoms with Gasteiger partial charge in [0.05, 0.1) is 12.8 Å². The van der Waals surface area contributed by atoms with E-state index in [4.69, 9.17) is 4.74 Å². The lowest BCUT2D eigenvalue weighted by Crippen LogP contribution is -1.99. The van der Waals surface area contributed by atoms with E-state index in [1.54, 1.807) is 25.2 Å². The predicted molar refractivity (Wildman–Crippen MR) is 86.6 cm³/mol. The van der Waals surface area contributed by atoms with E-state index in [1.807, 2.05) is 53.4 Å². The molecule has 0 bridgehead atoms. The number of aryl methyl sites for hydroxylation is 1. The Kier molecular flexibility index (Phi) is 4.70. The van der Waals surface area contributed by atoms with Crippen LogP contribution in [0.15, 0.2) is 60.3 Å². The first kappa shape index (κ1) is 14.6. The molecule has 0 radical (unpaired) electrons. The number of methoxy groups -OCH3 is 1. The highest BCUT2D eigenvalue weighted by Crippen LogP contribution is 2.26. The number of ether oxygens (including phenoxy) is 1. The minimum absolute atomic E-state index is 0.804. The van der Waals surface area contributed by atoms with Gasteiger partial charge in [0.15, 0.2) is 5.16 Å². The molecule has 3 rings (SSSR count). The van der Waals surface area contributed by atoms with Gasteiger partial charge in [0.1, 0.15) is 12.1 Å². The third-order valence-electron chi connectivity index (χ3n) is 3.23. The molecule has 112 valence electrons. The maximum Gasteiger partial charge on any atom is 0.195 e. The molecule has 0 amide bonds. The van der Waals surface area contributed by atoms with E-state index in [1.165, 1.54) is 5.56 Å². The van der Waals surface area contributed by atoms with Gasteiger partial charge in [0, 0.05) is 18.1 Å². The molecule has 0 saturated heterocycles. The van der Waals surface area contributed by atoms with Crippen molar-refractivity contribution in [2.75, 3.05) is 12.9 Å². The first-order valence-corrected chi connectivity index (χ1v) is 7.92. The molecule has 2 aromatic heterocycles. The molecule has 0 N–H and O–H groups in total. The fourth-order valence-corrected chi connectivity index (χ4v) is 3.04. The van der Waals surface area contributed by atoms with Gasteiger partial charge in [-0.3, -0.25) is 9.55 Å². The summed E-state index contributed by atoms with van der Waals surface area (Å²) in [7, 11) is 1.67. The van der Waals surface area contributed by atoms with Crippen molar-refractivity contribution in [2.45, 2.75) is 11.6 Å². The van der Waals surface area contributed by atoms with Crippen LogP contribution < -0.4 is 4.74 Å². The number of rotatable bonds is 6. The molecule has 6 heteroatoms. The average Bonchev–Trinajstić information content (AvgIpc) is 3.04. The number of para-hydroxylation sites is 2. The van der Waals surface area contributed by atoms with Crippen LogP contribution in [0.1, 0.15) is 5.56 Å². The molecule has 22 heavy (non-hydrogen) atoms. The maximum atomic E-state index is 5.41. The fourth-order valence-electron chi connectivity index (χ4n) is 2.13.